The first kappa shape index (κ1) is 16.4. The number of carbonyl (C=O) groups excluding carboxylic acids is 1. The Labute approximate surface area is 144 Å². The Morgan fingerprint density at radius 3 is 2.75 bits per heavy atom. The second-order valence-electron chi connectivity index (χ2n) is 5.58. The first-order chi connectivity index (χ1) is 11.6. The fraction of sp³-hybridized carbons (Fsp3) is 0.222. The maximum Gasteiger partial charge on any atom is 0.221 e. The van der Waals surface area contributed by atoms with Crippen LogP contribution in [0.25, 0.3) is 0 Å². The van der Waals surface area contributed by atoms with Crippen LogP contribution in [0.3, 0.4) is 0 Å². The highest BCUT2D eigenvalue weighted by molar-refractivity contribution is 7.07. The lowest BCUT2D eigenvalue weighted by Gasteiger charge is -2.19. The smallest absolute Gasteiger partial charge is 0.221 e. The summed E-state index contributed by atoms with van der Waals surface area (Å²) in [5.41, 5.74) is 1.96. The first-order valence-corrected chi connectivity index (χ1v) is 8.61. The van der Waals surface area contributed by atoms with Crippen molar-refractivity contribution in [3.05, 3.63) is 76.3 Å². The fourth-order valence-electron chi connectivity index (χ4n) is 2.53. The Morgan fingerprint density at radius 2 is 2.12 bits per heavy atom. The van der Waals surface area contributed by atoms with E-state index in [0.717, 1.165) is 11.1 Å². The van der Waals surface area contributed by atoms with Gasteiger partial charge in [-0.2, -0.15) is 11.3 Å². The zero-order chi connectivity index (χ0) is 16.9. The Hall–Kier alpha value is -2.47. The van der Waals surface area contributed by atoms with Crippen LogP contribution in [0.15, 0.2) is 53.5 Å². The molecule has 0 fully saturated rings. The molecule has 1 aromatic carbocycles. The second-order valence-corrected chi connectivity index (χ2v) is 6.36. The maximum absolute atomic E-state index is 13.2. The van der Waals surface area contributed by atoms with E-state index in [9.17, 15) is 9.18 Å². The zero-order valence-electron chi connectivity index (χ0n) is 13.3. The Bertz CT molecular complexity index is 796. The van der Waals surface area contributed by atoms with Crippen LogP contribution in [0, 0.1) is 5.82 Å². The summed E-state index contributed by atoms with van der Waals surface area (Å²) in [6.07, 6.45) is 4.61. The number of hydrogen-bond acceptors (Lipinski definition) is 3. The monoisotopic (exact) mass is 343 g/mol. The molecule has 3 aromatic rings. The van der Waals surface area contributed by atoms with Crippen LogP contribution in [0.4, 0.5) is 4.39 Å². The predicted octanol–water partition coefficient (Wildman–Crippen LogP) is 3.46. The van der Waals surface area contributed by atoms with E-state index in [1.807, 2.05) is 34.6 Å². The fourth-order valence-corrected chi connectivity index (χ4v) is 3.24. The minimum Gasteiger partial charge on any atom is -0.342 e. The van der Waals surface area contributed by atoms with E-state index in [-0.39, 0.29) is 11.7 Å². The lowest BCUT2D eigenvalue weighted by Crippen LogP contribution is -2.31. The molecule has 2 aromatic heterocycles. The number of rotatable bonds is 6. The number of imidazole rings is 1. The summed E-state index contributed by atoms with van der Waals surface area (Å²) in [7, 11) is 1.87. The van der Waals surface area contributed by atoms with Crippen molar-refractivity contribution in [1.29, 1.82) is 0 Å². The van der Waals surface area contributed by atoms with Gasteiger partial charge in [0.05, 0.1) is 0 Å². The van der Waals surface area contributed by atoms with Gasteiger partial charge in [0.25, 0.3) is 0 Å². The van der Waals surface area contributed by atoms with Crippen LogP contribution in [0.2, 0.25) is 0 Å². The molecule has 1 atom stereocenters. The van der Waals surface area contributed by atoms with Crippen molar-refractivity contribution in [2.45, 2.75) is 18.9 Å². The number of nitrogens with zero attached hydrogens (tertiary/aromatic N) is 2. The molecule has 0 aliphatic carbocycles. The SMILES string of the molecule is Cn1ccnc1[C@@H](NC(=O)CCc1ccsc1)c1ccc(F)cc1. The van der Waals surface area contributed by atoms with E-state index in [0.29, 0.717) is 18.7 Å². The summed E-state index contributed by atoms with van der Waals surface area (Å²) < 4.78 is 15.1. The van der Waals surface area contributed by atoms with Crippen LogP contribution in [0.1, 0.15) is 29.4 Å². The average Bonchev–Trinajstić information content (AvgIpc) is 3.23. The van der Waals surface area contributed by atoms with Crippen molar-refractivity contribution in [1.82, 2.24) is 14.9 Å². The largest absolute Gasteiger partial charge is 0.342 e. The van der Waals surface area contributed by atoms with E-state index in [4.69, 9.17) is 0 Å². The van der Waals surface area contributed by atoms with Gasteiger partial charge in [-0.1, -0.05) is 12.1 Å². The topological polar surface area (TPSA) is 46.9 Å². The Balaban J connectivity index is 1.76. The van der Waals surface area contributed by atoms with E-state index in [2.05, 4.69) is 10.3 Å². The standard InChI is InChI=1S/C18H18FN3OS/c1-22-10-9-20-18(22)17(14-3-5-15(19)6-4-14)21-16(23)7-2-13-8-11-24-12-13/h3-6,8-12,17H,2,7H2,1H3,(H,21,23)/t17-/m0/s1. The van der Waals surface area contributed by atoms with Crippen molar-refractivity contribution >= 4 is 17.2 Å². The summed E-state index contributed by atoms with van der Waals surface area (Å²) in [6.45, 7) is 0. The number of halogens is 1. The van der Waals surface area contributed by atoms with Gasteiger partial charge in [-0.25, -0.2) is 9.37 Å². The number of hydrogen-bond donors (Lipinski definition) is 1. The van der Waals surface area contributed by atoms with E-state index in [1.54, 1.807) is 29.7 Å². The number of nitrogens with one attached hydrogen (secondary N) is 1. The molecule has 0 saturated heterocycles. The van der Waals surface area contributed by atoms with Crippen molar-refractivity contribution in [2.24, 2.45) is 7.05 Å². The Kier molecular flexibility index (Phi) is 5.05. The molecule has 0 spiro atoms. The normalized spacial score (nSPS) is 12.1. The molecule has 24 heavy (non-hydrogen) atoms. The number of carbonyl (C=O) groups is 1. The van der Waals surface area contributed by atoms with Gasteiger partial charge in [0.2, 0.25) is 5.91 Å². The number of aryl methyl sites for hydroxylation is 2. The highest BCUT2D eigenvalue weighted by atomic mass is 32.1. The number of benzene rings is 1. The molecule has 124 valence electrons. The van der Waals surface area contributed by atoms with Gasteiger partial charge in [0.1, 0.15) is 17.7 Å². The quantitative estimate of drug-likeness (QED) is 0.745. The molecular weight excluding hydrogens is 325 g/mol. The molecular formula is C18H18FN3OS. The van der Waals surface area contributed by atoms with Crippen LogP contribution >= 0.6 is 11.3 Å². The van der Waals surface area contributed by atoms with Crippen molar-refractivity contribution in [3.8, 4) is 0 Å². The van der Waals surface area contributed by atoms with Crippen molar-refractivity contribution in [2.75, 3.05) is 0 Å². The summed E-state index contributed by atoms with van der Waals surface area (Å²) in [4.78, 5) is 16.7. The lowest BCUT2D eigenvalue weighted by atomic mass is 10.1. The van der Waals surface area contributed by atoms with Crippen molar-refractivity contribution in [3.63, 3.8) is 0 Å². The molecule has 1 amide bonds. The highest BCUT2D eigenvalue weighted by Crippen LogP contribution is 2.21. The summed E-state index contributed by atoms with van der Waals surface area (Å²) >= 11 is 1.62. The molecule has 0 radical (unpaired) electrons. The van der Waals surface area contributed by atoms with Gasteiger partial charge in [0, 0.05) is 25.9 Å². The molecule has 6 heteroatoms. The van der Waals surface area contributed by atoms with E-state index in [1.165, 1.54) is 12.1 Å². The molecule has 3 rings (SSSR count). The summed E-state index contributed by atoms with van der Waals surface area (Å²) in [5.74, 6) is 0.352. The summed E-state index contributed by atoms with van der Waals surface area (Å²) in [5, 5.41) is 7.06. The van der Waals surface area contributed by atoms with Gasteiger partial charge in [0.15, 0.2) is 0 Å². The minimum absolute atomic E-state index is 0.0569. The van der Waals surface area contributed by atoms with Crippen LogP contribution < -0.4 is 5.32 Å². The van der Waals surface area contributed by atoms with Gasteiger partial charge in [-0.15, -0.1) is 0 Å². The third kappa shape index (κ3) is 3.89. The summed E-state index contributed by atoms with van der Waals surface area (Å²) in [6, 6.07) is 7.75. The van der Waals surface area contributed by atoms with Crippen LogP contribution in [0.5, 0.6) is 0 Å². The zero-order valence-corrected chi connectivity index (χ0v) is 14.1. The third-order valence-electron chi connectivity index (χ3n) is 3.85. The predicted molar refractivity (Wildman–Crippen MR) is 92.2 cm³/mol. The number of amides is 1. The maximum atomic E-state index is 13.2. The number of aromatic nitrogens is 2. The highest BCUT2D eigenvalue weighted by Gasteiger charge is 2.20. The molecule has 1 N–H and O–H groups in total. The van der Waals surface area contributed by atoms with E-state index < -0.39 is 6.04 Å². The average molecular weight is 343 g/mol. The van der Waals surface area contributed by atoms with Gasteiger partial charge < -0.3 is 9.88 Å². The molecule has 0 unspecified atom stereocenters. The van der Waals surface area contributed by atoms with Gasteiger partial charge in [-0.3, -0.25) is 4.79 Å². The minimum atomic E-state index is -0.402. The van der Waals surface area contributed by atoms with Gasteiger partial charge >= 0.3 is 0 Å². The molecule has 2 heterocycles. The molecule has 4 nitrogen and oxygen atoms in total. The lowest BCUT2D eigenvalue weighted by molar-refractivity contribution is -0.121. The molecule has 0 aliphatic heterocycles. The van der Waals surface area contributed by atoms with Gasteiger partial charge in [-0.05, 0) is 46.5 Å². The van der Waals surface area contributed by atoms with Crippen molar-refractivity contribution < 1.29 is 9.18 Å². The molecule has 0 aliphatic rings. The van der Waals surface area contributed by atoms with E-state index >= 15 is 0 Å². The molecule has 0 bridgehead atoms. The second kappa shape index (κ2) is 7.40. The van der Waals surface area contributed by atoms with Crippen LogP contribution in [-0.4, -0.2) is 15.5 Å². The Morgan fingerprint density at radius 1 is 1.33 bits per heavy atom. The molecule has 0 saturated carbocycles. The van der Waals surface area contributed by atoms with Crippen LogP contribution in [-0.2, 0) is 18.3 Å². The number of thiophene rings is 1. The third-order valence-corrected chi connectivity index (χ3v) is 4.58. The first-order valence-electron chi connectivity index (χ1n) is 7.66.